The van der Waals surface area contributed by atoms with Gasteiger partial charge in [-0.2, -0.15) is 0 Å². The molecule has 8 heteroatoms. The van der Waals surface area contributed by atoms with Crippen molar-refractivity contribution in [1.29, 1.82) is 0 Å². The van der Waals surface area contributed by atoms with E-state index in [9.17, 15) is 13.2 Å². The van der Waals surface area contributed by atoms with Gasteiger partial charge in [0.15, 0.2) is 0 Å². The third kappa shape index (κ3) is 4.92. The van der Waals surface area contributed by atoms with Crippen LogP contribution in [0.25, 0.3) is 0 Å². The summed E-state index contributed by atoms with van der Waals surface area (Å²) in [5.41, 5.74) is 0.819. The molecule has 2 unspecified atom stereocenters. The minimum Gasteiger partial charge on any atom is -0.376 e. The minimum absolute atomic E-state index is 0.0411. The first-order valence-corrected chi connectivity index (χ1v) is 9.09. The molecule has 0 aromatic heterocycles. The van der Waals surface area contributed by atoms with Crippen LogP contribution in [-0.2, 0) is 21.3 Å². The summed E-state index contributed by atoms with van der Waals surface area (Å²) in [5.74, 6) is 0. The number of carbonyl (C=O) groups is 1. The number of rotatable bonds is 6. The largest absolute Gasteiger partial charge is 0.376 e. The second-order valence-electron chi connectivity index (χ2n) is 5.52. The van der Waals surface area contributed by atoms with Crippen molar-refractivity contribution in [3.63, 3.8) is 0 Å². The van der Waals surface area contributed by atoms with Crippen molar-refractivity contribution in [2.24, 2.45) is 0 Å². The van der Waals surface area contributed by atoms with Crippen molar-refractivity contribution in [2.45, 2.75) is 43.4 Å². The van der Waals surface area contributed by atoms with Gasteiger partial charge >= 0.3 is 6.03 Å². The summed E-state index contributed by atoms with van der Waals surface area (Å²) < 4.78 is 31.0. The maximum atomic E-state index is 11.9. The number of sulfonamides is 1. The number of hydrogen-bond donors (Lipinski definition) is 3. The second-order valence-corrected chi connectivity index (χ2v) is 7.41. The summed E-state index contributed by atoms with van der Waals surface area (Å²) in [6.45, 7) is 3.00. The van der Waals surface area contributed by atoms with Crippen LogP contribution in [0.2, 0.25) is 0 Å². The average Bonchev–Trinajstić information content (AvgIpc) is 3.08. The Hall–Kier alpha value is -1.64. The molecular formula is C15H23N3O4S. The zero-order valence-electron chi connectivity index (χ0n) is 13.3. The molecule has 0 bridgehead atoms. The van der Waals surface area contributed by atoms with Crippen molar-refractivity contribution in [2.75, 3.05) is 13.7 Å². The molecule has 0 aliphatic carbocycles. The maximum Gasteiger partial charge on any atom is 0.315 e. The molecular weight excluding hydrogens is 318 g/mol. The summed E-state index contributed by atoms with van der Waals surface area (Å²) in [6.07, 6.45) is 2.06. The van der Waals surface area contributed by atoms with Crippen LogP contribution in [0, 0.1) is 0 Å². The number of benzene rings is 1. The second kappa shape index (κ2) is 7.76. The number of nitrogens with one attached hydrogen (secondary N) is 3. The Labute approximate surface area is 136 Å². The molecule has 1 saturated heterocycles. The lowest BCUT2D eigenvalue weighted by molar-refractivity contribution is 0.0860. The van der Waals surface area contributed by atoms with Crippen LogP contribution < -0.4 is 15.4 Å². The zero-order valence-corrected chi connectivity index (χ0v) is 14.2. The fraction of sp³-hybridized carbons (Fsp3) is 0.533. The van der Waals surface area contributed by atoms with Gasteiger partial charge in [0.25, 0.3) is 0 Å². The summed E-state index contributed by atoms with van der Waals surface area (Å²) in [7, 11) is -2.07. The van der Waals surface area contributed by atoms with Gasteiger partial charge in [0.2, 0.25) is 10.0 Å². The van der Waals surface area contributed by atoms with Crippen molar-refractivity contribution < 1.29 is 17.9 Å². The van der Waals surface area contributed by atoms with E-state index in [4.69, 9.17) is 4.74 Å². The van der Waals surface area contributed by atoms with Crippen molar-refractivity contribution in [1.82, 2.24) is 15.4 Å². The molecule has 2 rings (SSSR count). The Kier molecular flexibility index (Phi) is 5.97. The predicted octanol–water partition coefficient (Wildman–Crippen LogP) is 0.961. The highest BCUT2D eigenvalue weighted by atomic mass is 32.2. The molecule has 0 radical (unpaired) electrons. The molecule has 1 fully saturated rings. The van der Waals surface area contributed by atoms with E-state index in [-0.39, 0.29) is 23.1 Å². The van der Waals surface area contributed by atoms with Gasteiger partial charge < -0.3 is 15.4 Å². The van der Waals surface area contributed by atoms with Crippen LogP contribution in [0.5, 0.6) is 0 Å². The third-order valence-corrected chi connectivity index (χ3v) is 5.27. The van der Waals surface area contributed by atoms with E-state index < -0.39 is 10.0 Å². The fourth-order valence-electron chi connectivity index (χ4n) is 2.43. The first kappa shape index (κ1) is 17.7. The highest BCUT2D eigenvalue weighted by Crippen LogP contribution is 2.15. The van der Waals surface area contributed by atoms with Crippen LogP contribution in [-0.4, -0.2) is 40.2 Å². The van der Waals surface area contributed by atoms with Gasteiger partial charge in [0, 0.05) is 13.2 Å². The number of carbonyl (C=O) groups excluding carboxylic acids is 1. The minimum atomic E-state index is -3.44. The molecule has 7 nitrogen and oxygen atoms in total. The van der Waals surface area contributed by atoms with Crippen LogP contribution in [0.4, 0.5) is 4.79 Å². The standard InChI is InChI=1S/C15H23N3O4S/c1-11(14-4-3-9-22-14)18-15(19)17-10-12-5-7-13(8-6-12)23(20,21)16-2/h5-8,11,14,16H,3-4,9-10H2,1-2H3,(H2,17,18,19). The van der Waals surface area contributed by atoms with Crippen molar-refractivity contribution >= 4 is 16.1 Å². The summed E-state index contributed by atoms with van der Waals surface area (Å²) >= 11 is 0. The van der Waals surface area contributed by atoms with Gasteiger partial charge in [-0.25, -0.2) is 17.9 Å². The normalized spacial score (nSPS) is 19.3. The van der Waals surface area contributed by atoms with E-state index in [1.54, 1.807) is 12.1 Å². The Balaban J connectivity index is 1.82. The lowest BCUT2D eigenvalue weighted by atomic mass is 10.1. The summed E-state index contributed by atoms with van der Waals surface area (Å²) in [5, 5.41) is 5.61. The molecule has 2 atom stereocenters. The average molecular weight is 341 g/mol. The molecule has 2 amide bonds. The third-order valence-electron chi connectivity index (χ3n) is 3.84. The van der Waals surface area contributed by atoms with Crippen molar-refractivity contribution in [3.05, 3.63) is 29.8 Å². The first-order chi connectivity index (χ1) is 10.9. The number of ether oxygens (including phenoxy) is 1. The molecule has 1 heterocycles. The van der Waals surface area contributed by atoms with Gasteiger partial charge in [-0.3, -0.25) is 0 Å². The first-order valence-electron chi connectivity index (χ1n) is 7.61. The Morgan fingerprint density at radius 3 is 2.61 bits per heavy atom. The lowest BCUT2D eigenvalue weighted by Gasteiger charge is -2.20. The van der Waals surface area contributed by atoms with Crippen LogP contribution >= 0.6 is 0 Å². The van der Waals surface area contributed by atoms with Gasteiger partial charge in [-0.05, 0) is 44.5 Å². The molecule has 0 spiro atoms. The quantitative estimate of drug-likeness (QED) is 0.718. The number of urea groups is 1. The van der Waals surface area contributed by atoms with Crippen LogP contribution in [0.15, 0.2) is 29.2 Å². The predicted molar refractivity (Wildman–Crippen MR) is 86.5 cm³/mol. The highest BCUT2D eigenvalue weighted by Gasteiger charge is 2.23. The number of amides is 2. The smallest absolute Gasteiger partial charge is 0.315 e. The van der Waals surface area contributed by atoms with E-state index >= 15 is 0 Å². The zero-order chi connectivity index (χ0) is 16.9. The fourth-order valence-corrected chi connectivity index (χ4v) is 3.16. The SMILES string of the molecule is CNS(=O)(=O)c1ccc(CNC(=O)NC(C)C2CCCO2)cc1. The maximum absolute atomic E-state index is 11.9. The molecule has 1 aliphatic rings. The van der Waals surface area contributed by atoms with E-state index in [0.717, 1.165) is 25.0 Å². The van der Waals surface area contributed by atoms with Gasteiger partial charge in [-0.1, -0.05) is 12.1 Å². The Morgan fingerprint density at radius 1 is 1.35 bits per heavy atom. The lowest BCUT2D eigenvalue weighted by Crippen LogP contribution is -2.45. The Morgan fingerprint density at radius 2 is 2.04 bits per heavy atom. The van der Waals surface area contributed by atoms with E-state index in [0.29, 0.717) is 6.54 Å². The van der Waals surface area contributed by atoms with Crippen molar-refractivity contribution in [3.8, 4) is 0 Å². The molecule has 1 aliphatic heterocycles. The molecule has 1 aromatic carbocycles. The van der Waals surface area contributed by atoms with Crippen LogP contribution in [0.1, 0.15) is 25.3 Å². The molecule has 0 saturated carbocycles. The molecule has 128 valence electrons. The molecule has 23 heavy (non-hydrogen) atoms. The van der Waals surface area contributed by atoms with E-state index in [1.807, 2.05) is 6.92 Å². The molecule has 1 aromatic rings. The van der Waals surface area contributed by atoms with Gasteiger partial charge in [-0.15, -0.1) is 0 Å². The van der Waals surface area contributed by atoms with Crippen LogP contribution in [0.3, 0.4) is 0 Å². The van der Waals surface area contributed by atoms with E-state index in [2.05, 4.69) is 15.4 Å². The highest BCUT2D eigenvalue weighted by molar-refractivity contribution is 7.89. The summed E-state index contributed by atoms with van der Waals surface area (Å²) in [6, 6.07) is 6.06. The topological polar surface area (TPSA) is 96.5 Å². The van der Waals surface area contributed by atoms with Gasteiger partial charge in [0.1, 0.15) is 0 Å². The van der Waals surface area contributed by atoms with E-state index in [1.165, 1.54) is 19.2 Å². The van der Waals surface area contributed by atoms with Gasteiger partial charge in [0.05, 0.1) is 17.0 Å². The number of hydrogen-bond acceptors (Lipinski definition) is 4. The molecule has 3 N–H and O–H groups in total. The monoisotopic (exact) mass is 341 g/mol. The Bertz CT molecular complexity index is 625. The summed E-state index contributed by atoms with van der Waals surface area (Å²) in [4.78, 5) is 12.1.